The Labute approximate surface area is 81.2 Å². The first-order valence-corrected chi connectivity index (χ1v) is 5.30. The molecule has 0 radical (unpaired) electrons. The van der Waals surface area contributed by atoms with Gasteiger partial charge in [-0.1, -0.05) is 32.8 Å². The number of pyridine rings is 1. The van der Waals surface area contributed by atoms with Crippen molar-refractivity contribution in [2.45, 2.75) is 46.0 Å². The maximum atomic E-state index is 4.42. The van der Waals surface area contributed by atoms with E-state index in [9.17, 15) is 0 Å². The molecule has 1 aromatic rings. The van der Waals surface area contributed by atoms with Crippen LogP contribution in [0.2, 0.25) is 0 Å². The Bertz CT molecular complexity index is 225. The molecule has 0 amide bonds. The van der Waals surface area contributed by atoms with Gasteiger partial charge in [-0.05, 0) is 30.9 Å². The Morgan fingerprint density at radius 2 is 1.92 bits per heavy atom. The van der Waals surface area contributed by atoms with Crippen LogP contribution in [0.1, 0.15) is 44.4 Å². The predicted molar refractivity (Wildman–Crippen MR) is 56.8 cm³/mol. The van der Waals surface area contributed by atoms with Crippen LogP contribution in [0, 0.1) is 0 Å². The predicted octanol–water partition coefficient (Wildman–Crippen LogP) is 3.38. The summed E-state index contributed by atoms with van der Waals surface area (Å²) < 4.78 is 0. The number of aryl methyl sites for hydroxylation is 2. The minimum atomic E-state index is 1.11. The summed E-state index contributed by atoms with van der Waals surface area (Å²) in [5.74, 6) is 0. The van der Waals surface area contributed by atoms with Crippen molar-refractivity contribution in [2.75, 3.05) is 0 Å². The van der Waals surface area contributed by atoms with Gasteiger partial charge in [-0.15, -0.1) is 0 Å². The highest BCUT2D eigenvalue weighted by Crippen LogP contribution is 2.06. The SMILES string of the molecule is CCCCc1ccc(CCC)nc1. The van der Waals surface area contributed by atoms with Gasteiger partial charge in [-0.2, -0.15) is 0 Å². The molecule has 0 bridgehead atoms. The fraction of sp³-hybridized carbons (Fsp3) is 0.583. The second-order valence-corrected chi connectivity index (χ2v) is 3.51. The highest BCUT2D eigenvalue weighted by atomic mass is 14.7. The molecule has 1 rings (SSSR count). The molecule has 1 heterocycles. The molecule has 0 N–H and O–H groups in total. The van der Waals surface area contributed by atoms with Gasteiger partial charge in [-0.3, -0.25) is 4.98 Å². The Morgan fingerprint density at radius 1 is 1.08 bits per heavy atom. The van der Waals surface area contributed by atoms with E-state index in [2.05, 4.69) is 31.0 Å². The minimum Gasteiger partial charge on any atom is -0.261 e. The van der Waals surface area contributed by atoms with Crippen molar-refractivity contribution in [2.24, 2.45) is 0 Å². The monoisotopic (exact) mass is 177 g/mol. The Balaban J connectivity index is 2.48. The van der Waals surface area contributed by atoms with Crippen LogP contribution in [-0.2, 0) is 12.8 Å². The van der Waals surface area contributed by atoms with E-state index in [1.807, 2.05) is 6.20 Å². The Morgan fingerprint density at radius 3 is 2.46 bits per heavy atom. The molecule has 1 heteroatoms. The average Bonchev–Trinajstić information content (AvgIpc) is 2.17. The Kier molecular flexibility index (Phi) is 4.52. The molecular weight excluding hydrogens is 158 g/mol. The summed E-state index contributed by atoms with van der Waals surface area (Å²) in [5.41, 5.74) is 2.60. The van der Waals surface area contributed by atoms with Gasteiger partial charge in [0.05, 0.1) is 0 Å². The van der Waals surface area contributed by atoms with Gasteiger partial charge >= 0.3 is 0 Å². The van der Waals surface area contributed by atoms with Gasteiger partial charge in [0.2, 0.25) is 0 Å². The first-order valence-electron chi connectivity index (χ1n) is 5.30. The summed E-state index contributed by atoms with van der Waals surface area (Å²) >= 11 is 0. The van der Waals surface area contributed by atoms with E-state index in [0.29, 0.717) is 0 Å². The maximum absolute atomic E-state index is 4.42. The summed E-state index contributed by atoms with van der Waals surface area (Å²) in [6.07, 6.45) is 8.03. The minimum absolute atomic E-state index is 1.11. The van der Waals surface area contributed by atoms with Crippen molar-refractivity contribution in [1.82, 2.24) is 4.98 Å². The molecule has 0 fully saturated rings. The van der Waals surface area contributed by atoms with Crippen molar-refractivity contribution in [3.8, 4) is 0 Å². The summed E-state index contributed by atoms with van der Waals surface area (Å²) in [4.78, 5) is 4.42. The lowest BCUT2D eigenvalue weighted by Crippen LogP contribution is -1.91. The lowest BCUT2D eigenvalue weighted by atomic mass is 10.1. The zero-order valence-electron chi connectivity index (χ0n) is 8.71. The third-order valence-electron chi connectivity index (χ3n) is 2.21. The van der Waals surface area contributed by atoms with Crippen LogP contribution >= 0.6 is 0 Å². The van der Waals surface area contributed by atoms with E-state index in [0.717, 1.165) is 6.42 Å². The van der Waals surface area contributed by atoms with Gasteiger partial charge in [0.1, 0.15) is 0 Å². The lowest BCUT2D eigenvalue weighted by molar-refractivity contribution is 0.788. The van der Waals surface area contributed by atoms with Crippen molar-refractivity contribution in [3.63, 3.8) is 0 Å². The van der Waals surface area contributed by atoms with Crippen LogP contribution in [-0.4, -0.2) is 4.98 Å². The van der Waals surface area contributed by atoms with E-state index >= 15 is 0 Å². The van der Waals surface area contributed by atoms with Crippen LogP contribution in [0.3, 0.4) is 0 Å². The first-order chi connectivity index (χ1) is 6.36. The molecule has 0 saturated heterocycles. The third-order valence-corrected chi connectivity index (χ3v) is 2.21. The number of hydrogen-bond acceptors (Lipinski definition) is 1. The van der Waals surface area contributed by atoms with E-state index in [4.69, 9.17) is 0 Å². The molecule has 0 spiro atoms. The van der Waals surface area contributed by atoms with Crippen LogP contribution in [0.4, 0.5) is 0 Å². The van der Waals surface area contributed by atoms with Gasteiger partial charge in [0.15, 0.2) is 0 Å². The van der Waals surface area contributed by atoms with Crippen LogP contribution < -0.4 is 0 Å². The normalized spacial score (nSPS) is 10.3. The van der Waals surface area contributed by atoms with Crippen molar-refractivity contribution in [3.05, 3.63) is 29.6 Å². The molecule has 1 aromatic heterocycles. The number of hydrogen-bond donors (Lipinski definition) is 0. The number of nitrogens with zero attached hydrogens (tertiary/aromatic N) is 1. The van der Waals surface area contributed by atoms with Crippen molar-refractivity contribution in [1.29, 1.82) is 0 Å². The zero-order chi connectivity index (χ0) is 9.52. The second-order valence-electron chi connectivity index (χ2n) is 3.51. The van der Waals surface area contributed by atoms with Gasteiger partial charge in [0, 0.05) is 11.9 Å². The molecule has 0 atom stereocenters. The number of aromatic nitrogens is 1. The average molecular weight is 177 g/mol. The molecule has 0 aliphatic rings. The second kappa shape index (κ2) is 5.74. The van der Waals surface area contributed by atoms with E-state index in [-0.39, 0.29) is 0 Å². The number of unbranched alkanes of at least 4 members (excludes halogenated alkanes) is 1. The van der Waals surface area contributed by atoms with Gasteiger partial charge < -0.3 is 0 Å². The molecule has 0 aromatic carbocycles. The summed E-state index contributed by atoms with van der Waals surface area (Å²) in [7, 11) is 0. The maximum Gasteiger partial charge on any atom is 0.0403 e. The van der Waals surface area contributed by atoms with E-state index in [1.54, 1.807) is 0 Å². The smallest absolute Gasteiger partial charge is 0.0403 e. The van der Waals surface area contributed by atoms with E-state index in [1.165, 1.54) is 36.9 Å². The molecule has 0 saturated carbocycles. The van der Waals surface area contributed by atoms with Crippen LogP contribution in [0.25, 0.3) is 0 Å². The van der Waals surface area contributed by atoms with Crippen LogP contribution in [0.15, 0.2) is 18.3 Å². The van der Waals surface area contributed by atoms with E-state index < -0.39 is 0 Å². The molecule has 0 aliphatic carbocycles. The highest BCUT2D eigenvalue weighted by Gasteiger charge is 1.94. The summed E-state index contributed by atoms with van der Waals surface area (Å²) in [5, 5.41) is 0. The molecule has 72 valence electrons. The summed E-state index contributed by atoms with van der Waals surface area (Å²) in [6, 6.07) is 4.38. The molecule has 0 aliphatic heterocycles. The van der Waals surface area contributed by atoms with Crippen LogP contribution in [0.5, 0.6) is 0 Å². The van der Waals surface area contributed by atoms with Crippen molar-refractivity contribution >= 4 is 0 Å². The molecule has 1 nitrogen and oxygen atoms in total. The van der Waals surface area contributed by atoms with Gasteiger partial charge in [0.25, 0.3) is 0 Å². The topological polar surface area (TPSA) is 12.9 Å². The number of rotatable bonds is 5. The largest absolute Gasteiger partial charge is 0.261 e. The first kappa shape index (κ1) is 10.2. The molecule has 0 unspecified atom stereocenters. The fourth-order valence-electron chi connectivity index (χ4n) is 1.39. The standard InChI is InChI=1S/C12H19N/c1-3-5-7-11-8-9-12(6-4-2)13-10-11/h8-10H,3-7H2,1-2H3. The quantitative estimate of drug-likeness (QED) is 0.672. The van der Waals surface area contributed by atoms with Crippen molar-refractivity contribution < 1.29 is 0 Å². The van der Waals surface area contributed by atoms with Gasteiger partial charge in [-0.25, -0.2) is 0 Å². The fourth-order valence-corrected chi connectivity index (χ4v) is 1.39. The third kappa shape index (κ3) is 3.58. The molecular formula is C12H19N. The summed E-state index contributed by atoms with van der Waals surface area (Å²) in [6.45, 7) is 4.41. The molecule has 13 heavy (non-hydrogen) atoms. The zero-order valence-corrected chi connectivity index (χ0v) is 8.71. The highest BCUT2D eigenvalue weighted by molar-refractivity contribution is 5.14. The Hall–Kier alpha value is -0.850. The lowest BCUT2D eigenvalue weighted by Gasteiger charge is -2.01.